The third-order valence-electron chi connectivity index (χ3n) is 3.42. The lowest BCUT2D eigenvalue weighted by Crippen LogP contribution is -2.26. The quantitative estimate of drug-likeness (QED) is 0.836. The van der Waals surface area contributed by atoms with Crippen LogP contribution in [0.2, 0.25) is 0 Å². The predicted molar refractivity (Wildman–Crippen MR) is 94.0 cm³/mol. The van der Waals surface area contributed by atoms with Gasteiger partial charge in [-0.3, -0.25) is 0 Å². The molecule has 2 aromatic rings. The summed E-state index contributed by atoms with van der Waals surface area (Å²) in [6.07, 6.45) is 2.17. The highest BCUT2D eigenvalue weighted by Gasteiger charge is 2.09. The largest absolute Gasteiger partial charge is 0.356 e. The van der Waals surface area contributed by atoms with E-state index in [1.165, 1.54) is 0 Å². The van der Waals surface area contributed by atoms with E-state index in [9.17, 15) is 0 Å². The minimum absolute atomic E-state index is 0.585. The van der Waals surface area contributed by atoms with Gasteiger partial charge in [0.15, 0.2) is 0 Å². The number of nitriles is 1. The van der Waals surface area contributed by atoms with Crippen LogP contribution in [0.5, 0.6) is 0 Å². The van der Waals surface area contributed by atoms with Crippen molar-refractivity contribution in [3.05, 3.63) is 41.6 Å². The number of aryl methyl sites for hydroxylation is 1. The molecule has 1 aromatic heterocycles. The molecule has 120 valence electrons. The van der Waals surface area contributed by atoms with Crippen LogP contribution in [0.3, 0.4) is 0 Å². The molecule has 0 fully saturated rings. The fraction of sp³-hybridized carbons (Fsp3) is 0.389. The summed E-state index contributed by atoms with van der Waals surface area (Å²) < 4.78 is 0. The van der Waals surface area contributed by atoms with Gasteiger partial charge in [0.2, 0.25) is 5.95 Å². The van der Waals surface area contributed by atoms with Crippen LogP contribution < -0.4 is 10.2 Å². The maximum Gasteiger partial charge on any atom is 0.229 e. The highest BCUT2D eigenvalue weighted by Crippen LogP contribution is 2.19. The first-order chi connectivity index (χ1) is 11.2. The summed E-state index contributed by atoms with van der Waals surface area (Å²) in [4.78, 5) is 11.4. The van der Waals surface area contributed by atoms with E-state index in [2.05, 4.69) is 40.1 Å². The summed E-state index contributed by atoms with van der Waals surface area (Å²) in [6, 6.07) is 11.4. The fourth-order valence-corrected chi connectivity index (χ4v) is 2.41. The molecule has 2 rings (SSSR count). The zero-order chi connectivity index (χ0) is 16.7. The molecule has 0 radical (unpaired) electrons. The van der Waals surface area contributed by atoms with Gasteiger partial charge in [0.25, 0.3) is 0 Å². The van der Waals surface area contributed by atoms with Gasteiger partial charge in [-0.25, -0.2) is 4.98 Å². The smallest absolute Gasteiger partial charge is 0.229 e. The average Bonchev–Trinajstić information content (AvgIpc) is 2.55. The summed E-state index contributed by atoms with van der Waals surface area (Å²) in [5, 5.41) is 12.1. The highest BCUT2D eigenvalue weighted by atomic mass is 15.2. The number of hydrogen-bond donors (Lipinski definition) is 1. The Morgan fingerprint density at radius 3 is 2.30 bits per heavy atom. The molecule has 1 aromatic carbocycles. The lowest BCUT2D eigenvalue weighted by atomic mass is 10.2. The van der Waals surface area contributed by atoms with Crippen LogP contribution in [-0.2, 0) is 0 Å². The SMILES string of the molecule is CCCN(CCC)c1cc(C)nc(Nc2ccc(C#N)cc2)n1. The van der Waals surface area contributed by atoms with Crippen molar-refractivity contribution in [1.29, 1.82) is 5.26 Å². The van der Waals surface area contributed by atoms with Gasteiger partial charge in [-0.05, 0) is 44.0 Å². The molecule has 0 aliphatic carbocycles. The number of nitrogens with zero attached hydrogens (tertiary/aromatic N) is 4. The molecule has 5 nitrogen and oxygen atoms in total. The third-order valence-corrected chi connectivity index (χ3v) is 3.42. The molecule has 5 heteroatoms. The van der Waals surface area contributed by atoms with Crippen molar-refractivity contribution in [2.24, 2.45) is 0 Å². The van der Waals surface area contributed by atoms with E-state index in [-0.39, 0.29) is 0 Å². The second-order valence-corrected chi connectivity index (χ2v) is 5.49. The van der Waals surface area contributed by atoms with Gasteiger partial charge in [0, 0.05) is 30.5 Å². The summed E-state index contributed by atoms with van der Waals surface area (Å²) in [5.74, 6) is 1.54. The Kier molecular flexibility index (Phi) is 5.93. The van der Waals surface area contributed by atoms with Gasteiger partial charge in [0.05, 0.1) is 11.6 Å². The van der Waals surface area contributed by atoms with E-state index in [1.807, 2.05) is 25.1 Å². The molecule has 1 N–H and O–H groups in total. The predicted octanol–water partition coefficient (Wildman–Crippen LogP) is 4.03. The van der Waals surface area contributed by atoms with Crippen molar-refractivity contribution in [3.63, 3.8) is 0 Å². The molecule has 0 bridgehead atoms. The fourth-order valence-electron chi connectivity index (χ4n) is 2.41. The molecule has 0 saturated heterocycles. The van der Waals surface area contributed by atoms with E-state index in [0.29, 0.717) is 11.5 Å². The number of benzene rings is 1. The standard InChI is InChI=1S/C18H23N5/c1-4-10-23(11-5-2)17-12-14(3)20-18(22-17)21-16-8-6-15(13-19)7-9-16/h6-9,12H,4-5,10-11H2,1-3H3,(H,20,21,22). The molecular weight excluding hydrogens is 286 g/mol. The number of aromatic nitrogens is 2. The molecule has 0 atom stereocenters. The zero-order valence-corrected chi connectivity index (χ0v) is 14.0. The average molecular weight is 309 g/mol. The van der Waals surface area contributed by atoms with Crippen LogP contribution in [0, 0.1) is 18.3 Å². The van der Waals surface area contributed by atoms with Gasteiger partial charge in [0.1, 0.15) is 5.82 Å². The van der Waals surface area contributed by atoms with Crippen LogP contribution in [-0.4, -0.2) is 23.1 Å². The number of nitrogens with one attached hydrogen (secondary N) is 1. The molecule has 1 heterocycles. The number of hydrogen-bond acceptors (Lipinski definition) is 5. The Morgan fingerprint density at radius 2 is 1.74 bits per heavy atom. The minimum Gasteiger partial charge on any atom is -0.356 e. The highest BCUT2D eigenvalue weighted by molar-refractivity contribution is 5.57. The zero-order valence-electron chi connectivity index (χ0n) is 14.0. The van der Waals surface area contributed by atoms with Crippen LogP contribution >= 0.6 is 0 Å². The molecule has 0 aliphatic heterocycles. The topological polar surface area (TPSA) is 64.8 Å². The Balaban J connectivity index is 2.23. The Labute approximate surface area is 138 Å². The van der Waals surface area contributed by atoms with Crippen molar-refractivity contribution in [2.45, 2.75) is 33.6 Å². The van der Waals surface area contributed by atoms with E-state index >= 15 is 0 Å². The Bertz CT molecular complexity index is 667. The first-order valence-electron chi connectivity index (χ1n) is 8.04. The van der Waals surface area contributed by atoms with E-state index < -0.39 is 0 Å². The van der Waals surface area contributed by atoms with Gasteiger partial charge < -0.3 is 10.2 Å². The third kappa shape index (κ3) is 4.68. The normalized spacial score (nSPS) is 10.2. The van der Waals surface area contributed by atoms with E-state index in [0.717, 1.165) is 43.1 Å². The molecular formula is C18H23N5. The lowest BCUT2D eigenvalue weighted by molar-refractivity contribution is 0.732. The van der Waals surface area contributed by atoms with Gasteiger partial charge >= 0.3 is 0 Å². The maximum atomic E-state index is 8.85. The summed E-state index contributed by atoms with van der Waals surface area (Å²) in [7, 11) is 0. The van der Waals surface area contributed by atoms with E-state index in [1.54, 1.807) is 12.1 Å². The van der Waals surface area contributed by atoms with Crippen LogP contribution in [0.25, 0.3) is 0 Å². The monoisotopic (exact) mass is 309 g/mol. The molecule has 0 saturated carbocycles. The summed E-state index contributed by atoms with van der Waals surface area (Å²) in [6.45, 7) is 8.30. The van der Waals surface area contributed by atoms with Crippen molar-refractivity contribution in [1.82, 2.24) is 9.97 Å². The molecule has 0 aliphatic rings. The Hall–Kier alpha value is -2.61. The van der Waals surface area contributed by atoms with Gasteiger partial charge in [-0.2, -0.15) is 10.2 Å². The van der Waals surface area contributed by atoms with Crippen LogP contribution in [0.4, 0.5) is 17.5 Å². The molecule has 23 heavy (non-hydrogen) atoms. The summed E-state index contributed by atoms with van der Waals surface area (Å²) >= 11 is 0. The molecule has 0 unspecified atom stereocenters. The first kappa shape index (κ1) is 16.8. The first-order valence-corrected chi connectivity index (χ1v) is 8.04. The molecule has 0 spiro atoms. The summed E-state index contributed by atoms with van der Waals surface area (Å²) in [5.41, 5.74) is 2.44. The van der Waals surface area contributed by atoms with Crippen LogP contribution in [0.1, 0.15) is 37.9 Å². The van der Waals surface area contributed by atoms with Crippen LogP contribution in [0.15, 0.2) is 30.3 Å². The van der Waals surface area contributed by atoms with E-state index in [4.69, 9.17) is 5.26 Å². The van der Waals surface area contributed by atoms with Crippen molar-refractivity contribution in [2.75, 3.05) is 23.3 Å². The Morgan fingerprint density at radius 1 is 1.09 bits per heavy atom. The second-order valence-electron chi connectivity index (χ2n) is 5.49. The van der Waals surface area contributed by atoms with Gasteiger partial charge in [-0.15, -0.1) is 0 Å². The van der Waals surface area contributed by atoms with Gasteiger partial charge in [-0.1, -0.05) is 13.8 Å². The lowest BCUT2D eigenvalue weighted by Gasteiger charge is -2.23. The number of anilines is 3. The number of rotatable bonds is 7. The van der Waals surface area contributed by atoms with Crippen molar-refractivity contribution in [3.8, 4) is 6.07 Å². The second kappa shape index (κ2) is 8.14. The molecule has 0 amide bonds. The van der Waals surface area contributed by atoms with Crippen molar-refractivity contribution >= 4 is 17.5 Å². The van der Waals surface area contributed by atoms with Crippen molar-refractivity contribution < 1.29 is 0 Å². The maximum absolute atomic E-state index is 8.85. The minimum atomic E-state index is 0.585.